The topological polar surface area (TPSA) is 215 Å². The molecule has 0 fully saturated rings. The van der Waals surface area contributed by atoms with Gasteiger partial charge in [0, 0.05) is 88.1 Å². The van der Waals surface area contributed by atoms with Crippen LogP contribution in [0.4, 0.5) is 69.1 Å². The standard InChI is InChI=1S/9C12H11NS.4BF4.2Cu/c9*13-14(11-7-3-1-4-8-11)12-9-5-2-6-10-12;4*2-1(3,4)5;;/h9*1-10,13H;;;;;;/q;;;;;;;;;4*-1;2*+2. The number of nitrogens with one attached hydrogen (secondary N) is 9. The summed E-state index contributed by atoms with van der Waals surface area (Å²) in [6, 6.07) is 179. The fourth-order valence-electron chi connectivity index (χ4n) is 11.2. The van der Waals surface area contributed by atoms with Crippen LogP contribution < -0.4 is 0 Å². The number of hydrogen-bond acceptors (Lipinski definition) is 9. The Morgan fingerprint density at radius 1 is 0.0946 bits per heavy atom. The predicted octanol–water partition coefficient (Wildman–Crippen LogP) is 36.6. The van der Waals surface area contributed by atoms with Gasteiger partial charge in [0.2, 0.25) is 0 Å². The Bertz CT molecular complexity index is 5160. The van der Waals surface area contributed by atoms with Gasteiger partial charge in [0.1, 0.15) is 0 Å². The second-order valence-corrected chi connectivity index (χ2v) is 42.4. The van der Waals surface area contributed by atoms with E-state index in [2.05, 4.69) is 0 Å². The first-order chi connectivity index (χ1) is 69.9. The molecule has 0 aliphatic carbocycles. The predicted molar refractivity (Wildman–Crippen MR) is 576 cm³/mol. The first kappa shape index (κ1) is 128. The molecular formula is C108H99B4Cu2F16N9S9. The van der Waals surface area contributed by atoms with Crippen molar-refractivity contribution in [3.05, 3.63) is 546 Å². The first-order valence-electron chi connectivity index (χ1n) is 43.4. The van der Waals surface area contributed by atoms with Gasteiger partial charge in [0.25, 0.3) is 0 Å². The van der Waals surface area contributed by atoms with E-state index >= 15 is 0 Å². The Kier molecular flexibility index (Phi) is 62.1. The SMILES string of the molecule is F[B-](F)(F)F.F[B-](F)(F)F.F[B-](F)(F)F.F[B-](F)(F)F.N=S(c1ccccc1)c1ccccc1.N=S(c1ccccc1)c1ccccc1.N=S(c1ccccc1)c1ccccc1.N=S(c1ccccc1)c1ccccc1.N=S(c1ccccc1)c1ccccc1.N=S(c1ccccc1)c1ccccc1.N=S(c1ccccc1)c1ccccc1.N=S(c1ccccc1)c1ccccc1.N=S(c1ccccc1)c1ccccc1.[Cu+2].[Cu+2]. The molecule has 9 nitrogen and oxygen atoms in total. The summed E-state index contributed by atoms with van der Waals surface area (Å²) in [6.07, 6.45) is 0. The minimum atomic E-state index is -6.00. The molecule has 0 aliphatic heterocycles. The van der Waals surface area contributed by atoms with E-state index in [1.807, 2.05) is 546 Å². The van der Waals surface area contributed by atoms with Crippen LogP contribution in [0, 0.1) is 43.0 Å². The monoisotopic (exact) mass is 2280 g/mol. The van der Waals surface area contributed by atoms with Crippen molar-refractivity contribution < 1.29 is 103 Å². The second-order valence-electron chi connectivity index (χ2n) is 28.4. The van der Waals surface area contributed by atoms with E-state index in [-0.39, 0.29) is 34.1 Å². The summed E-state index contributed by atoms with van der Waals surface area (Å²) in [6.45, 7) is 0. The Labute approximate surface area is 897 Å². The third kappa shape index (κ3) is 56.6. The van der Waals surface area contributed by atoms with Crippen molar-refractivity contribution in [2.75, 3.05) is 0 Å². The molecule has 148 heavy (non-hydrogen) atoms. The normalized spacial score (nSPS) is 10.4. The van der Waals surface area contributed by atoms with Crippen LogP contribution in [0.15, 0.2) is 634 Å². The van der Waals surface area contributed by atoms with Crippen molar-refractivity contribution in [3.8, 4) is 0 Å². The maximum Gasteiger partial charge on any atom is 2.00 e. The maximum absolute atomic E-state index is 9.75. The third-order valence-corrected chi connectivity index (χ3v) is 31.0. The Hall–Kier alpha value is -12.5. The molecule has 0 saturated carbocycles. The Balaban J connectivity index is 0.000000338. The van der Waals surface area contributed by atoms with Gasteiger partial charge in [-0.1, -0.05) is 328 Å². The van der Waals surface area contributed by atoms with Crippen molar-refractivity contribution in [1.82, 2.24) is 0 Å². The van der Waals surface area contributed by atoms with Gasteiger partial charge in [0.15, 0.2) is 0 Å². The molecule has 0 bridgehead atoms. The van der Waals surface area contributed by atoms with E-state index < -0.39 is 125 Å². The van der Waals surface area contributed by atoms with Crippen molar-refractivity contribution in [3.63, 3.8) is 0 Å². The van der Waals surface area contributed by atoms with Gasteiger partial charge >= 0.3 is 63.2 Å². The molecular weight excluding hydrogens is 2190 g/mol. The van der Waals surface area contributed by atoms with Gasteiger partial charge in [-0.15, -0.1) is 0 Å². The number of benzene rings is 18. The van der Waals surface area contributed by atoms with Gasteiger partial charge in [-0.2, -0.15) is 0 Å². The summed E-state index contributed by atoms with van der Waals surface area (Å²) < 4.78 is 229. The second kappa shape index (κ2) is 72.0. The molecule has 40 heteroatoms. The van der Waals surface area contributed by atoms with Crippen LogP contribution in [-0.2, 0) is 130 Å². The molecule has 9 N–H and O–H groups in total. The van der Waals surface area contributed by atoms with Crippen LogP contribution in [0.5, 0.6) is 0 Å². The van der Waals surface area contributed by atoms with E-state index in [0.717, 1.165) is 88.1 Å². The van der Waals surface area contributed by atoms with Gasteiger partial charge in [-0.3, -0.25) is 43.0 Å². The van der Waals surface area contributed by atoms with Gasteiger partial charge in [-0.05, 0) is 315 Å². The van der Waals surface area contributed by atoms with E-state index in [1.165, 1.54) is 0 Å². The molecule has 18 aromatic carbocycles. The van der Waals surface area contributed by atoms with Crippen molar-refractivity contribution in [2.24, 2.45) is 0 Å². The number of halogens is 16. The van der Waals surface area contributed by atoms with Crippen LogP contribution in [0.25, 0.3) is 0 Å². The minimum Gasteiger partial charge on any atom is -0.418 e. The largest absolute Gasteiger partial charge is 2.00 e. The quantitative estimate of drug-likeness (QED) is 0.0290. The molecule has 0 atom stereocenters. The van der Waals surface area contributed by atoms with E-state index in [4.69, 9.17) is 43.0 Å². The smallest absolute Gasteiger partial charge is 0.418 e. The van der Waals surface area contributed by atoms with Crippen molar-refractivity contribution in [2.45, 2.75) is 88.1 Å². The molecule has 0 saturated heterocycles. The van der Waals surface area contributed by atoms with Crippen LogP contribution in [-0.4, -0.2) is 29.0 Å². The van der Waals surface area contributed by atoms with Crippen LogP contribution in [0.3, 0.4) is 0 Å². The first-order valence-corrected chi connectivity index (χ1v) is 54.4. The summed E-state index contributed by atoms with van der Waals surface area (Å²) in [5.41, 5.74) is 0. The summed E-state index contributed by atoms with van der Waals surface area (Å²) in [5.74, 6) is 0. The minimum absolute atomic E-state index is 0. The molecule has 0 amide bonds. The van der Waals surface area contributed by atoms with Crippen LogP contribution >= 0.6 is 0 Å². The van der Waals surface area contributed by atoms with Gasteiger partial charge in [0.05, 0.1) is 0 Å². The van der Waals surface area contributed by atoms with E-state index in [1.54, 1.807) is 0 Å². The van der Waals surface area contributed by atoms with Crippen LogP contribution in [0.2, 0.25) is 0 Å². The molecule has 0 spiro atoms. The zero-order chi connectivity index (χ0) is 106. The molecule has 2 radical (unpaired) electrons. The summed E-state index contributed by atoms with van der Waals surface area (Å²) in [7, 11) is -28.9. The summed E-state index contributed by atoms with van der Waals surface area (Å²) in [5, 5.41) is 0. The summed E-state index contributed by atoms with van der Waals surface area (Å²) >= 11 is 0. The molecule has 0 unspecified atom stereocenters. The third-order valence-electron chi connectivity index (χ3n) is 17.6. The summed E-state index contributed by atoms with van der Waals surface area (Å²) in [4.78, 5) is 19.2. The van der Waals surface area contributed by atoms with Crippen molar-refractivity contribution >= 4 is 125 Å². The van der Waals surface area contributed by atoms with E-state index in [9.17, 15) is 69.1 Å². The number of rotatable bonds is 18. The zero-order valence-electron chi connectivity index (χ0n) is 78.1. The average molecular weight is 2290 g/mol. The number of hydrogen-bond donors (Lipinski definition) is 9. The maximum atomic E-state index is 9.75. The van der Waals surface area contributed by atoms with Crippen molar-refractivity contribution in [1.29, 1.82) is 43.0 Å². The molecule has 0 heterocycles. The van der Waals surface area contributed by atoms with E-state index in [0.29, 0.717) is 0 Å². The fraction of sp³-hybridized carbons (Fsp3) is 0. The molecule has 18 rings (SSSR count). The molecule has 0 aliphatic rings. The molecule has 18 aromatic rings. The van der Waals surface area contributed by atoms with Gasteiger partial charge in [-0.25, -0.2) is 0 Å². The Morgan fingerprint density at radius 3 is 0.162 bits per heavy atom. The Morgan fingerprint density at radius 2 is 0.128 bits per heavy atom. The van der Waals surface area contributed by atoms with Gasteiger partial charge < -0.3 is 69.1 Å². The molecule has 0 aromatic heterocycles. The average Bonchev–Trinajstić information content (AvgIpc) is 0.908. The van der Waals surface area contributed by atoms with Crippen LogP contribution in [0.1, 0.15) is 0 Å². The molecule has 776 valence electrons. The fourth-order valence-corrected chi connectivity index (χ4v) is 21.4. The zero-order valence-corrected chi connectivity index (χ0v) is 87.3.